The Labute approximate surface area is 92.9 Å². The summed E-state index contributed by atoms with van der Waals surface area (Å²) in [5, 5.41) is 0. The number of aryl methyl sites for hydroxylation is 1. The van der Waals surface area contributed by atoms with Gasteiger partial charge < -0.3 is 9.64 Å². The van der Waals surface area contributed by atoms with E-state index in [4.69, 9.17) is 4.74 Å². The quantitative estimate of drug-likeness (QED) is 0.735. The first-order chi connectivity index (χ1) is 7.17. The van der Waals surface area contributed by atoms with E-state index in [-0.39, 0.29) is 0 Å². The lowest BCUT2D eigenvalue weighted by molar-refractivity contribution is 0.357. The summed E-state index contributed by atoms with van der Waals surface area (Å²) >= 11 is 0. The highest BCUT2D eigenvalue weighted by atomic mass is 16.5. The maximum atomic E-state index is 5.24. The molecule has 0 radical (unpaired) electrons. The van der Waals surface area contributed by atoms with Crippen LogP contribution in [0.5, 0.6) is 5.75 Å². The highest BCUT2D eigenvalue weighted by molar-refractivity contribution is 5.36. The molecule has 0 spiro atoms. The van der Waals surface area contributed by atoms with E-state index < -0.39 is 0 Å². The Kier molecular flexibility index (Phi) is 4.63. The third-order valence-corrected chi connectivity index (χ3v) is 2.78. The van der Waals surface area contributed by atoms with Crippen molar-refractivity contribution >= 4 is 0 Å². The van der Waals surface area contributed by atoms with Gasteiger partial charge in [0.2, 0.25) is 0 Å². The summed E-state index contributed by atoms with van der Waals surface area (Å²) in [6, 6.07) is 6.41. The number of ether oxygens (including phenoxy) is 1. The second-order valence-corrected chi connectivity index (χ2v) is 3.95. The molecule has 0 saturated heterocycles. The van der Waals surface area contributed by atoms with Gasteiger partial charge in [0.05, 0.1) is 7.11 Å². The summed E-state index contributed by atoms with van der Waals surface area (Å²) < 4.78 is 5.24. The van der Waals surface area contributed by atoms with Crippen LogP contribution in [0.15, 0.2) is 18.2 Å². The molecular weight excluding hydrogens is 186 g/mol. The molecule has 1 aromatic rings. The van der Waals surface area contributed by atoms with Crippen LogP contribution in [-0.2, 0) is 6.42 Å². The Morgan fingerprint density at radius 3 is 2.60 bits per heavy atom. The summed E-state index contributed by atoms with van der Waals surface area (Å²) in [5.41, 5.74) is 2.60. The van der Waals surface area contributed by atoms with Crippen molar-refractivity contribution in [2.75, 3.05) is 27.2 Å². The first-order valence-electron chi connectivity index (χ1n) is 5.49. The van der Waals surface area contributed by atoms with E-state index in [1.54, 1.807) is 7.11 Å². The molecule has 0 aromatic heterocycles. The zero-order chi connectivity index (χ0) is 11.3. The van der Waals surface area contributed by atoms with E-state index in [2.05, 4.69) is 44.0 Å². The number of hydrogen-bond donors (Lipinski definition) is 0. The molecule has 0 unspecified atom stereocenters. The predicted octanol–water partition coefficient (Wildman–Crippen LogP) is 2.50. The molecule has 1 rings (SSSR count). The van der Waals surface area contributed by atoms with Crippen molar-refractivity contribution in [3.8, 4) is 5.75 Å². The van der Waals surface area contributed by atoms with Gasteiger partial charge in [0, 0.05) is 6.54 Å². The second kappa shape index (κ2) is 5.76. The maximum absolute atomic E-state index is 5.24. The molecular formula is C13H21NO. The average Bonchev–Trinajstić information content (AvgIpc) is 2.26. The molecule has 2 nitrogen and oxygen atoms in total. The summed E-state index contributed by atoms with van der Waals surface area (Å²) in [5.74, 6) is 0.975. The number of nitrogens with zero attached hydrogens (tertiary/aromatic N) is 1. The number of hydrogen-bond acceptors (Lipinski definition) is 2. The van der Waals surface area contributed by atoms with Gasteiger partial charge in [-0.15, -0.1) is 0 Å². The van der Waals surface area contributed by atoms with Gasteiger partial charge in [0.25, 0.3) is 0 Å². The van der Waals surface area contributed by atoms with Crippen molar-refractivity contribution in [2.24, 2.45) is 0 Å². The predicted molar refractivity (Wildman–Crippen MR) is 64.6 cm³/mol. The van der Waals surface area contributed by atoms with Crippen LogP contribution in [0.25, 0.3) is 0 Å². The van der Waals surface area contributed by atoms with Crippen LogP contribution in [0.3, 0.4) is 0 Å². The number of methoxy groups -OCH3 is 1. The molecule has 1 aromatic carbocycles. The van der Waals surface area contributed by atoms with Crippen molar-refractivity contribution < 1.29 is 4.74 Å². The molecule has 0 atom stereocenters. The summed E-state index contributed by atoms with van der Waals surface area (Å²) in [4.78, 5) is 2.32. The highest BCUT2D eigenvalue weighted by Crippen LogP contribution is 2.18. The molecule has 84 valence electrons. The fourth-order valence-corrected chi connectivity index (χ4v) is 1.57. The van der Waals surface area contributed by atoms with Crippen molar-refractivity contribution in [1.29, 1.82) is 0 Å². The first-order valence-corrected chi connectivity index (χ1v) is 5.49. The van der Waals surface area contributed by atoms with Gasteiger partial charge >= 0.3 is 0 Å². The fraction of sp³-hybridized carbons (Fsp3) is 0.538. The van der Waals surface area contributed by atoms with Gasteiger partial charge in [-0.3, -0.25) is 0 Å². The molecule has 0 aliphatic heterocycles. The van der Waals surface area contributed by atoms with E-state index in [0.717, 1.165) is 25.3 Å². The Morgan fingerprint density at radius 2 is 2.07 bits per heavy atom. The normalized spacial score (nSPS) is 10.7. The molecule has 0 aliphatic rings. The molecule has 15 heavy (non-hydrogen) atoms. The standard InChI is InChI=1S/C13H21NO/c1-5-14(3)9-8-12-6-7-13(15-4)11(2)10-12/h6-7,10H,5,8-9H2,1-4H3. The average molecular weight is 207 g/mol. The van der Waals surface area contributed by atoms with Crippen molar-refractivity contribution in [3.05, 3.63) is 29.3 Å². The Hall–Kier alpha value is -1.02. The van der Waals surface area contributed by atoms with Crippen LogP contribution < -0.4 is 4.74 Å². The largest absolute Gasteiger partial charge is 0.496 e. The molecule has 0 aliphatic carbocycles. The van der Waals surface area contributed by atoms with Gasteiger partial charge in [0.15, 0.2) is 0 Å². The Balaban J connectivity index is 2.59. The topological polar surface area (TPSA) is 12.5 Å². The van der Waals surface area contributed by atoms with Gasteiger partial charge in [-0.25, -0.2) is 0 Å². The number of likely N-dealkylation sites (N-methyl/N-ethyl adjacent to an activating group) is 1. The van der Waals surface area contributed by atoms with Crippen LogP contribution >= 0.6 is 0 Å². The van der Waals surface area contributed by atoms with Crippen LogP contribution in [0.4, 0.5) is 0 Å². The minimum atomic E-state index is 0.975. The lowest BCUT2D eigenvalue weighted by Crippen LogP contribution is -2.20. The minimum Gasteiger partial charge on any atom is -0.496 e. The zero-order valence-corrected chi connectivity index (χ0v) is 10.2. The van der Waals surface area contributed by atoms with Crippen molar-refractivity contribution in [1.82, 2.24) is 4.90 Å². The smallest absolute Gasteiger partial charge is 0.121 e. The van der Waals surface area contributed by atoms with E-state index in [9.17, 15) is 0 Å². The molecule has 0 saturated carbocycles. The lowest BCUT2D eigenvalue weighted by Gasteiger charge is -2.14. The third-order valence-electron chi connectivity index (χ3n) is 2.78. The number of rotatable bonds is 5. The van der Waals surface area contributed by atoms with Gasteiger partial charge in [-0.2, -0.15) is 0 Å². The molecule has 0 amide bonds. The molecule has 0 fully saturated rings. The summed E-state index contributed by atoms with van der Waals surface area (Å²) in [6.07, 6.45) is 1.11. The Morgan fingerprint density at radius 1 is 1.33 bits per heavy atom. The minimum absolute atomic E-state index is 0.975. The van der Waals surface area contributed by atoms with E-state index in [0.29, 0.717) is 0 Å². The van der Waals surface area contributed by atoms with Crippen LogP contribution in [0.1, 0.15) is 18.1 Å². The highest BCUT2D eigenvalue weighted by Gasteiger charge is 2.01. The number of benzene rings is 1. The summed E-state index contributed by atoms with van der Waals surface area (Å²) in [7, 11) is 3.86. The van der Waals surface area contributed by atoms with E-state index in [1.165, 1.54) is 11.1 Å². The van der Waals surface area contributed by atoms with Crippen molar-refractivity contribution in [2.45, 2.75) is 20.3 Å². The zero-order valence-electron chi connectivity index (χ0n) is 10.2. The third kappa shape index (κ3) is 3.56. The molecule has 0 bridgehead atoms. The van der Waals surface area contributed by atoms with Gasteiger partial charge in [-0.1, -0.05) is 19.1 Å². The second-order valence-electron chi connectivity index (χ2n) is 3.95. The first kappa shape index (κ1) is 12.1. The monoisotopic (exact) mass is 207 g/mol. The lowest BCUT2D eigenvalue weighted by atomic mass is 10.1. The van der Waals surface area contributed by atoms with Crippen LogP contribution in [0, 0.1) is 6.92 Å². The van der Waals surface area contributed by atoms with Crippen LogP contribution in [0.2, 0.25) is 0 Å². The van der Waals surface area contributed by atoms with Gasteiger partial charge in [-0.05, 0) is 44.1 Å². The molecule has 0 heterocycles. The molecule has 0 N–H and O–H groups in total. The van der Waals surface area contributed by atoms with E-state index in [1.807, 2.05) is 0 Å². The SMILES string of the molecule is CCN(C)CCc1ccc(OC)c(C)c1. The van der Waals surface area contributed by atoms with Gasteiger partial charge in [0.1, 0.15) is 5.75 Å². The Bertz CT molecular complexity index is 309. The fourth-order valence-electron chi connectivity index (χ4n) is 1.57. The van der Waals surface area contributed by atoms with Crippen LogP contribution in [-0.4, -0.2) is 32.1 Å². The maximum Gasteiger partial charge on any atom is 0.121 e. The van der Waals surface area contributed by atoms with Crippen molar-refractivity contribution in [3.63, 3.8) is 0 Å². The summed E-state index contributed by atoms with van der Waals surface area (Å²) in [6.45, 7) is 6.49. The molecule has 2 heteroatoms. The van der Waals surface area contributed by atoms with E-state index >= 15 is 0 Å².